The van der Waals surface area contributed by atoms with Crippen LogP contribution in [0, 0.1) is 30.9 Å². The van der Waals surface area contributed by atoms with Crippen LogP contribution in [-0.4, -0.2) is 19.0 Å². The predicted octanol–water partition coefficient (Wildman–Crippen LogP) is 11.9. The Kier molecular flexibility index (Phi) is 13.8. The third-order valence-electron chi connectivity index (χ3n) is 10.3. The zero-order chi connectivity index (χ0) is 37.0. The van der Waals surface area contributed by atoms with E-state index >= 15 is 0 Å². The number of furan rings is 1. The Morgan fingerprint density at radius 2 is 1.48 bits per heavy atom. The molecule has 4 nitrogen and oxygen atoms in total. The summed E-state index contributed by atoms with van der Waals surface area (Å²) in [7, 11) is 2.85. The number of carbonyl (C=O) groups is 1. The fourth-order valence-electron chi connectivity index (χ4n) is 7.31. The second-order valence-corrected chi connectivity index (χ2v) is 20.4. The largest absolute Gasteiger partial charge is 0.512 e. The number of aliphatic hydroxyl groups is 1. The Balaban J connectivity index is 0.000000323. The molecule has 277 valence electrons. The predicted molar refractivity (Wildman–Crippen MR) is 219 cm³/mol. The topological polar surface area (TPSA) is 54.3 Å². The van der Waals surface area contributed by atoms with Gasteiger partial charge in [-0.1, -0.05) is 120 Å². The second kappa shape index (κ2) is 17.4. The molecule has 1 radical (unpaired) electrons. The molecule has 0 aliphatic heterocycles. The van der Waals surface area contributed by atoms with Gasteiger partial charge < -0.3 is 14.1 Å². The first kappa shape index (κ1) is 41.1. The maximum absolute atomic E-state index is 11.7. The minimum atomic E-state index is -1.73. The van der Waals surface area contributed by atoms with Crippen LogP contribution in [0.15, 0.2) is 89.0 Å². The quantitative estimate of drug-likeness (QED) is 0.0352. The summed E-state index contributed by atoms with van der Waals surface area (Å²) >= 11 is 0. The number of ketones is 1. The molecule has 6 heteroatoms. The molecule has 0 saturated carbocycles. The second-order valence-electron chi connectivity index (χ2n) is 15.4. The van der Waals surface area contributed by atoms with Gasteiger partial charge in [-0.25, -0.2) is 0 Å². The minimum absolute atomic E-state index is 0. The van der Waals surface area contributed by atoms with E-state index in [4.69, 9.17) is 4.42 Å². The van der Waals surface area contributed by atoms with E-state index in [2.05, 4.69) is 118 Å². The van der Waals surface area contributed by atoms with Gasteiger partial charge in [-0.05, 0) is 77.9 Å². The van der Waals surface area contributed by atoms with Crippen LogP contribution in [0.25, 0.3) is 54.9 Å². The van der Waals surface area contributed by atoms with Gasteiger partial charge in [-0.2, -0.15) is 0 Å². The van der Waals surface area contributed by atoms with E-state index in [9.17, 15) is 9.90 Å². The summed E-state index contributed by atoms with van der Waals surface area (Å²) in [5, 5.41) is 17.4. The van der Waals surface area contributed by atoms with Crippen molar-refractivity contribution in [1.29, 1.82) is 0 Å². The summed E-state index contributed by atoms with van der Waals surface area (Å²) in [5.41, 5.74) is 6.23. The van der Waals surface area contributed by atoms with E-state index in [0.717, 1.165) is 70.8 Å². The van der Waals surface area contributed by atoms with Gasteiger partial charge in [0.2, 0.25) is 0 Å². The summed E-state index contributed by atoms with van der Waals surface area (Å²) < 4.78 is 8.60. The molecule has 4 aromatic carbocycles. The third kappa shape index (κ3) is 8.57. The van der Waals surface area contributed by atoms with Crippen LogP contribution in [0.4, 0.5) is 0 Å². The third-order valence-corrected chi connectivity index (χ3v) is 12.3. The molecular weight excluding hydrogens is 835 g/mol. The number of carbonyl (C=O) groups excluding carboxylic acids is 1. The fraction of sp³-hybridized carbons (Fsp3) is 0.370. The Morgan fingerprint density at radius 1 is 0.865 bits per heavy atom. The van der Waals surface area contributed by atoms with Gasteiger partial charge in [0.25, 0.3) is 0 Å². The van der Waals surface area contributed by atoms with Crippen molar-refractivity contribution in [1.82, 2.24) is 0 Å². The number of benzene rings is 4. The van der Waals surface area contributed by atoms with E-state index in [0.29, 0.717) is 5.92 Å². The maximum atomic E-state index is 11.7. The molecule has 0 unspecified atom stereocenters. The smallest absolute Gasteiger partial charge is 0.162 e. The summed E-state index contributed by atoms with van der Waals surface area (Å²) in [6.45, 7) is 19.9. The molecule has 2 heterocycles. The SMILES string of the molecule is CCC(CC)C(=O)/C=C(\O)C(CC)CC.[CH2-][n+]1c(-c2[c-]c(CC(C)C)cc3c2oc2ccccc23)cc([Si](C)(C)C)c2c3ccccc3ccc21.[Ir]. The molecule has 0 fully saturated rings. The first-order valence-electron chi connectivity index (χ1n) is 18.9. The van der Waals surface area contributed by atoms with Gasteiger partial charge in [0.15, 0.2) is 5.78 Å². The average Bonchev–Trinajstić information content (AvgIpc) is 3.47. The molecule has 0 spiro atoms. The van der Waals surface area contributed by atoms with Gasteiger partial charge in [0.05, 0.1) is 19.4 Å². The van der Waals surface area contributed by atoms with Crippen LogP contribution >= 0.6 is 0 Å². The van der Waals surface area contributed by atoms with Gasteiger partial charge in [0.1, 0.15) is 16.8 Å². The fourth-order valence-corrected chi connectivity index (χ4v) is 8.90. The summed E-state index contributed by atoms with van der Waals surface area (Å²) in [4.78, 5) is 11.7. The number of hydrogen-bond acceptors (Lipinski definition) is 3. The number of allylic oxidation sites excluding steroid dienone is 2. The molecule has 1 N–H and O–H groups in total. The summed E-state index contributed by atoms with van der Waals surface area (Å²) in [6.07, 6.45) is 5.88. The number of rotatable bonds is 11. The van der Waals surface area contributed by atoms with E-state index in [1.165, 1.54) is 33.0 Å². The molecule has 0 aliphatic rings. The molecule has 52 heavy (non-hydrogen) atoms. The number of fused-ring (bicyclic) bond motifs is 6. The number of aliphatic hydroxyl groups excluding tert-OH is 1. The van der Waals surface area contributed by atoms with Crippen LogP contribution in [-0.2, 0) is 31.3 Å². The number of hydrogen-bond donors (Lipinski definition) is 1. The average molecular weight is 891 g/mol. The first-order valence-corrected chi connectivity index (χ1v) is 22.4. The Hall–Kier alpha value is -3.70. The van der Waals surface area contributed by atoms with Crippen molar-refractivity contribution in [3.05, 3.63) is 103 Å². The molecule has 0 aliphatic carbocycles. The van der Waals surface area contributed by atoms with Crippen molar-refractivity contribution < 1.29 is 39.0 Å². The van der Waals surface area contributed by atoms with E-state index < -0.39 is 8.07 Å². The van der Waals surface area contributed by atoms with Crippen LogP contribution in [0.5, 0.6) is 0 Å². The number of aromatic nitrogens is 1. The normalized spacial score (nSPS) is 12.3. The van der Waals surface area contributed by atoms with Crippen molar-refractivity contribution in [2.45, 2.75) is 93.3 Å². The van der Waals surface area contributed by atoms with Gasteiger partial charge in [-0.3, -0.25) is 4.79 Å². The van der Waals surface area contributed by atoms with Crippen LogP contribution in [0.1, 0.15) is 72.8 Å². The Labute approximate surface area is 325 Å². The van der Waals surface area contributed by atoms with Gasteiger partial charge in [0, 0.05) is 50.5 Å². The Bertz CT molecular complexity index is 2200. The monoisotopic (exact) mass is 891 g/mol. The molecule has 6 aromatic rings. The maximum Gasteiger partial charge on any atom is 0.162 e. The molecule has 0 saturated heterocycles. The first-order chi connectivity index (χ1) is 24.3. The molecule has 6 rings (SSSR count). The van der Waals surface area contributed by atoms with Crippen molar-refractivity contribution in [3.63, 3.8) is 0 Å². The van der Waals surface area contributed by atoms with Crippen molar-refractivity contribution in [2.75, 3.05) is 0 Å². The molecule has 0 amide bonds. The van der Waals surface area contributed by atoms with E-state index in [1.54, 1.807) is 0 Å². The summed E-state index contributed by atoms with van der Waals surface area (Å²) in [5.74, 6) is 1.09. The molecule has 0 atom stereocenters. The van der Waals surface area contributed by atoms with Crippen LogP contribution in [0.3, 0.4) is 0 Å². The zero-order valence-corrected chi connectivity index (χ0v) is 35.9. The van der Waals surface area contributed by atoms with Crippen molar-refractivity contribution in [2.24, 2.45) is 17.8 Å². The summed E-state index contributed by atoms with van der Waals surface area (Å²) in [6, 6.07) is 29.9. The van der Waals surface area contributed by atoms with Gasteiger partial charge >= 0.3 is 0 Å². The van der Waals surface area contributed by atoms with Crippen molar-refractivity contribution >= 4 is 62.7 Å². The van der Waals surface area contributed by atoms with Crippen LogP contribution in [0.2, 0.25) is 19.6 Å². The molecule has 0 bridgehead atoms. The van der Waals surface area contributed by atoms with Gasteiger partial charge in [-0.15, -0.1) is 17.7 Å². The van der Waals surface area contributed by atoms with Crippen LogP contribution < -0.4 is 9.75 Å². The molecular formula is C46H56IrNO3Si-. The number of pyridine rings is 1. The van der Waals surface area contributed by atoms with E-state index in [-0.39, 0.29) is 43.5 Å². The minimum Gasteiger partial charge on any atom is -0.512 e. The standard InChI is InChI=1S/C33H32NOSi.C13H24O2.Ir/c1-21(2)17-22-18-26-25-13-9-10-14-30(25)35-33(26)27(19-22)29-20-31(36(4,5)6)32-24-12-8-7-11-23(24)15-16-28(32)34(29)3;1-5-10(6-2)12(14)9-13(15)11(7-3)8-4;/h7-16,18,20-21H,3,17H2,1-2,4-6H3;9-11,14H,5-8H2,1-4H3;/q-1;;/b;12-9-;. The Morgan fingerprint density at radius 3 is 2.10 bits per heavy atom. The number of nitrogens with zero attached hydrogens (tertiary/aromatic N) is 1. The van der Waals surface area contributed by atoms with Crippen molar-refractivity contribution in [3.8, 4) is 11.3 Å². The van der Waals surface area contributed by atoms with E-state index in [1.807, 2.05) is 33.8 Å². The zero-order valence-electron chi connectivity index (χ0n) is 32.5. The molecule has 2 aromatic heterocycles. The number of para-hydroxylation sites is 1.